The molecule has 3 saturated carbocycles. The Bertz CT molecular complexity index is 2000. The first-order valence-corrected chi connectivity index (χ1v) is 16.2. The number of aromatic nitrogens is 5. The maximum absolute atomic E-state index is 17.3. The number of aromatic hydroxyl groups is 1. The second-order valence-corrected chi connectivity index (χ2v) is 14.3. The molecule has 3 bridgehead atoms. The molecule has 5 fully saturated rings. The summed E-state index contributed by atoms with van der Waals surface area (Å²) in [7, 11) is 0. The molecule has 3 unspecified atom stereocenters. The van der Waals surface area contributed by atoms with Crippen molar-refractivity contribution < 1.29 is 22.7 Å². The Kier molecular flexibility index (Phi) is 6.02. The summed E-state index contributed by atoms with van der Waals surface area (Å²) in [5, 5.41) is 13.5. The van der Waals surface area contributed by atoms with Gasteiger partial charge in [0.15, 0.2) is 5.82 Å². The molecule has 2 aliphatic heterocycles. The Morgan fingerprint density at radius 2 is 1.72 bits per heavy atom. The van der Waals surface area contributed by atoms with E-state index >= 15 is 4.39 Å². The van der Waals surface area contributed by atoms with E-state index in [4.69, 9.17) is 11.6 Å². The second-order valence-electron chi connectivity index (χ2n) is 13.9. The lowest BCUT2D eigenvalue weighted by Gasteiger charge is -2.30. The molecule has 3 aromatic heterocycles. The van der Waals surface area contributed by atoms with Gasteiger partial charge in [-0.15, -0.1) is 0 Å². The highest BCUT2D eigenvalue weighted by molar-refractivity contribution is 6.32. The van der Waals surface area contributed by atoms with Crippen molar-refractivity contribution in [2.75, 3.05) is 0 Å². The monoisotopic (exact) mass is 652 g/mol. The predicted molar refractivity (Wildman–Crippen MR) is 161 cm³/mol. The van der Waals surface area contributed by atoms with Gasteiger partial charge in [0.05, 0.1) is 38.9 Å². The topological polar surface area (TPSA) is 106 Å². The average molecular weight is 653 g/mol. The van der Waals surface area contributed by atoms with Crippen LogP contribution in [0.3, 0.4) is 0 Å². The number of hydrogen-bond acceptors (Lipinski definition) is 7. The normalized spacial score (nSPS) is 27.1. The van der Waals surface area contributed by atoms with Crippen molar-refractivity contribution in [1.29, 1.82) is 0 Å². The zero-order chi connectivity index (χ0) is 31.7. The summed E-state index contributed by atoms with van der Waals surface area (Å²) >= 11 is 5.99. The summed E-state index contributed by atoms with van der Waals surface area (Å²) < 4.78 is 61.5. The van der Waals surface area contributed by atoms with E-state index < -0.39 is 45.3 Å². The molecule has 1 aromatic carbocycles. The van der Waals surface area contributed by atoms with E-state index in [0.717, 1.165) is 69.9 Å². The second kappa shape index (κ2) is 9.70. The van der Waals surface area contributed by atoms with Crippen molar-refractivity contribution in [2.45, 2.75) is 93.3 Å². The van der Waals surface area contributed by atoms with Crippen molar-refractivity contribution in [2.24, 2.45) is 5.92 Å². The number of halogens is 5. The summed E-state index contributed by atoms with van der Waals surface area (Å²) in [5.41, 5.74) is -1.69. The van der Waals surface area contributed by atoms with Gasteiger partial charge in [0.25, 0.3) is 0 Å². The molecule has 2 saturated heterocycles. The SMILES string of the molecule is O=c1nc(C2CC34CCC(C[C@H]2C3)N4)c2cnc(-c3cc(O)cc(Cl)c3C(F)(F)F)c(F)c2n1-c1c(C2CC2)ncnc1C1CC1. The van der Waals surface area contributed by atoms with Gasteiger partial charge in [-0.3, -0.25) is 9.55 Å². The number of piperidine rings is 1. The highest BCUT2D eigenvalue weighted by atomic mass is 35.5. The molecule has 238 valence electrons. The molecule has 5 aliphatic rings. The quantitative estimate of drug-likeness (QED) is 0.226. The molecule has 0 amide bonds. The Balaban J connectivity index is 1.36. The van der Waals surface area contributed by atoms with Gasteiger partial charge in [0, 0.05) is 46.5 Å². The summed E-state index contributed by atoms with van der Waals surface area (Å²) in [6, 6.07) is 1.95. The van der Waals surface area contributed by atoms with Crippen LogP contribution in [0.15, 0.2) is 29.5 Å². The summed E-state index contributed by atoms with van der Waals surface area (Å²) in [6.45, 7) is 0. The number of phenols is 1. The highest BCUT2D eigenvalue weighted by Crippen LogP contribution is 2.56. The number of alkyl halides is 3. The summed E-state index contributed by atoms with van der Waals surface area (Å²) in [6.07, 6.45) is 5.88. The van der Waals surface area contributed by atoms with Crippen molar-refractivity contribution in [3.05, 3.63) is 68.6 Å². The first-order valence-electron chi connectivity index (χ1n) is 15.9. The molecule has 1 spiro atoms. The van der Waals surface area contributed by atoms with Crippen LogP contribution in [0.5, 0.6) is 5.75 Å². The van der Waals surface area contributed by atoms with Crippen molar-refractivity contribution in [1.82, 2.24) is 29.8 Å². The molecule has 4 atom stereocenters. The average Bonchev–Trinajstić information content (AvgIpc) is 3.92. The van der Waals surface area contributed by atoms with Crippen LogP contribution in [-0.2, 0) is 6.18 Å². The van der Waals surface area contributed by atoms with E-state index in [1.165, 1.54) is 17.1 Å². The third-order valence-corrected chi connectivity index (χ3v) is 11.1. The van der Waals surface area contributed by atoms with Gasteiger partial charge in [-0.25, -0.2) is 19.2 Å². The number of hydrogen-bond donors (Lipinski definition) is 2. The van der Waals surface area contributed by atoms with E-state index in [-0.39, 0.29) is 40.1 Å². The molecule has 0 radical (unpaired) electrons. The Hall–Kier alpha value is -3.64. The molecule has 2 N–H and O–H groups in total. The maximum Gasteiger partial charge on any atom is 0.418 e. The number of nitrogens with zero attached hydrogens (tertiary/aromatic N) is 5. The van der Waals surface area contributed by atoms with Gasteiger partial charge in [-0.2, -0.15) is 18.2 Å². The van der Waals surface area contributed by atoms with Gasteiger partial charge >= 0.3 is 11.9 Å². The third kappa shape index (κ3) is 4.32. The van der Waals surface area contributed by atoms with Gasteiger partial charge in [0.2, 0.25) is 0 Å². The van der Waals surface area contributed by atoms with Crippen LogP contribution >= 0.6 is 11.6 Å². The van der Waals surface area contributed by atoms with Gasteiger partial charge < -0.3 is 10.4 Å². The Labute approximate surface area is 265 Å². The van der Waals surface area contributed by atoms with Crippen LogP contribution in [0.4, 0.5) is 17.6 Å². The minimum atomic E-state index is -4.98. The summed E-state index contributed by atoms with van der Waals surface area (Å²) in [5.74, 6) is -1.51. The van der Waals surface area contributed by atoms with Gasteiger partial charge in [-0.05, 0) is 75.8 Å². The molecule has 4 aromatic rings. The number of nitrogens with one attached hydrogen (secondary N) is 1. The lowest BCUT2D eigenvalue weighted by Crippen LogP contribution is -2.44. The van der Waals surface area contributed by atoms with Crippen molar-refractivity contribution in [3.63, 3.8) is 0 Å². The number of phenolic OH excluding ortho intramolecular Hbond substituents is 1. The minimum absolute atomic E-state index is 0.0537. The molecule has 46 heavy (non-hydrogen) atoms. The first kappa shape index (κ1) is 28.6. The van der Waals surface area contributed by atoms with E-state index in [1.807, 2.05) is 0 Å². The van der Waals surface area contributed by atoms with E-state index in [1.54, 1.807) is 0 Å². The smallest absolute Gasteiger partial charge is 0.418 e. The highest BCUT2D eigenvalue weighted by Gasteiger charge is 2.55. The molecule has 9 rings (SSSR count). The summed E-state index contributed by atoms with van der Waals surface area (Å²) in [4.78, 5) is 32.3. The number of rotatable bonds is 5. The van der Waals surface area contributed by atoms with Gasteiger partial charge in [0.1, 0.15) is 17.8 Å². The van der Waals surface area contributed by atoms with Gasteiger partial charge in [-0.1, -0.05) is 11.6 Å². The number of benzene rings is 1. The minimum Gasteiger partial charge on any atom is -0.508 e. The first-order chi connectivity index (χ1) is 22.0. The Morgan fingerprint density at radius 1 is 1.00 bits per heavy atom. The lowest BCUT2D eigenvalue weighted by atomic mass is 9.85. The van der Waals surface area contributed by atoms with E-state index in [0.29, 0.717) is 28.8 Å². The fourth-order valence-electron chi connectivity index (χ4n) is 8.66. The van der Waals surface area contributed by atoms with E-state index in [2.05, 4.69) is 25.3 Å². The molecule has 5 heterocycles. The van der Waals surface area contributed by atoms with E-state index in [9.17, 15) is 23.1 Å². The van der Waals surface area contributed by atoms with Crippen LogP contribution in [0.25, 0.3) is 27.8 Å². The van der Waals surface area contributed by atoms with Crippen LogP contribution in [-0.4, -0.2) is 41.2 Å². The van der Waals surface area contributed by atoms with Crippen molar-refractivity contribution in [3.8, 4) is 22.7 Å². The Morgan fingerprint density at radius 3 is 2.39 bits per heavy atom. The lowest BCUT2D eigenvalue weighted by molar-refractivity contribution is -0.137. The predicted octanol–water partition coefficient (Wildman–Crippen LogP) is 6.90. The fraction of sp³-hybridized carbons (Fsp3) is 0.485. The standard InChI is InChI=1S/C33H29ClF4N6O2/c34-22-9-18(45)8-19(23(22)33(36,37)38)28-24(35)29-21(12-39-28)27(20-11-32-6-5-17(43-32)7-16(20)10-32)42-31(46)44(29)30-25(14-1-2-14)40-13-41-26(30)15-3-4-15/h8-9,12-17,20,43,45H,1-7,10-11H2/t16-,17?,20?,32?/m0/s1. The maximum atomic E-state index is 17.3. The van der Waals surface area contributed by atoms with Crippen LogP contribution in [0, 0.1) is 11.7 Å². The molecular weight excluding hydrogens is 624 g/mol. The third-order valence-electron chi connectivity index (χ3n) is 10.8. The van der Waals surface area contributed by atoms with Crippen LogP contribution in [0.2, 0.25) is 5.02 Å². The van der Waals surface area contributed by atoms with Crippen molar-refractivity contribution >= 4 is 22.5 Å². The number of pyridine rings is 1. The zero-order valence-corrected chi connectivity index (χ0v) is 25.3. The fourth-order valence-corrected chi connectivity index (χ4v) is 8.98. The molecule has 3 aliphatic carbocycles. The molecule has 13 heteroatoms. The largest absolute Gasteiger partial charge is 0.508 e. The van der Waals surface area contributed by atoms with Crippen LogP contribution < -0.4 is 11.0 Å². The van der Waals surface area contributed by atoms with Crippen LogP contribution in [0.1, 0.15) is 98.2 Å². The molecule has 8 nitrogen and oxygen atoms in total. The zero-order valence-electron chi connectivity index (χ0n) is 24.5. The number of fused-ring (bicyclic) bond motifs is 3. The molecular formula is C33H29ClF4N6O2.